The lowest BCUT2D eigenvalue weighted by molar-refractivity contribution is -0.140. The van der Waals surface area contributed by atoms with Crippen LogP contribution in [0.4, 0.5) is 5.69 Å². The highest BCUT2D eigenvalue weighted by Gasteiger charge is 2.33. The third-order valence-electron chi connectivity index (χ3n) is 6.87. The molecule has 9 nitrogen and oxygen atoms in total. The summed E-state index contributed by atoms with van der Waals surface area (Å²) in [6, 6.07) is 13.4. The maximum absolute atomic E-state index is 13.8. The summed E-state index contributed by atoms with van der Waals surface area (Å²) < 4.78 is 37.3. The van der Waals surface area contributed by atoms with Gasteiger partial charge in [-0.15, -0.1) is 0 Å². The zero-order chi connectivity index (χ0) is 27.7. The number of nitrogens with zero attached hydrogens (tertiary/aromatic N) is 2. The van der Waals surface area contributed by atoms with E-state index in [0.29, 0.717) is 17.9 Å². The lowest BCUT2D eigenvalue weighted by atomic mass is 9.95. The van der Waals surface area contributed by atoms with Gasteiger partial charge < -0.3 is 19.7 Å². The van der Waals surface area contributed by atoms with Crippen molar-refractivity contribution in [3.05, 3.63) is 54.1 Å². The standard InChI is InChI=1S/C28H39N3O6S/c1-5-24(28(33)29-22-14-10-7-11-15-22)30(19-21-12-8-6-9-13-21)27(32)20-31(38(4,34)35)23-16-17-25(36-2)26(18-23)37-3/h6,8-9,12-13,16-18,22,24H,5,7,10-11,14-15,19-20H2,1-4H3,(H,29,33)/t24-/m1/s1. The monoisotopic (exact) mass is 545 g/mol. The number of hydrogen-bond acceptors (Lipinski definition) is 6. The first-order chi connectivity index (χ1) is 18.2. The van der Waals surface area contributed by atoms with Crippen molar-refractivity contribution in [1.82, 2.24) is 10.2 Å². The number of carbonyl (C=O) groups is 2. The van der Waals surface area contributed by atoms with Gasteiger partial charge in [0.15, 0.2) is 11.5 Å². The average molecular weight is 546 g/mol. The van der Waals surface area contributed by atoms with Crippen LogP contribution in [0.1, 0.15) is 51.0 Å². The van der Waals surface area contributed by atoms with Crippen molar-refractivity contribution in [3.63, 3.8) is 0 Å². The van der Waals surface area contributed by atoms with Crippen molar-refractivity contribution in [3.8, 4) is 11.5 Å². The van der Waals surface area contributed by atoms with Gasteiger partial charge in [0, 0.05) is 18.7 Å². The molecule has 38 heavy (non-hydrogen) atoms. The van der Waals surface area contributed by atoms with Gasteiger partial charge in [0.2, 0.25) is 21.8 Å². The Bertz CT molecular complexity index is 1180. The van der Waals surface area contributed by atoms with Crippen molar-refractivity contribution < 1.29 is 27.5 Å². The maximum Gasteiger partial charge on any atom is 0.244 e. The number of amides is 2. The number of rotatable bonds is 12. The molecule has 1 saturated carbocycles. The van der Waals surface area contributed by atoms with Crippen LogP contribution >= 0.6 is 0 Å². The molecule has 1 aliphatic rings. The molecule has 0 saturated heterocycles. The van der Waals surface area contributed by atoms with Gasteiger partial charge in [-0.2, -0.15) is 0 Å². The molecule has 1 fully saturated rings. The summed E-state index contributed by atoms with van der Waals surface area (Å²) in [6.07, 6.45) is 6.61. The summed E-state index contributed by atoms with van der Waals surface area (Å²) >= 11 is 0. The number of nitrogens with one attached hydrogen (secondary N) is 1. The second-order valence-corrected chi connectivity index (χ2v) is 11.5. The molecule has 1 atom stereocenters. The molecule has 1 aliphatic carbocycles. The highest BCUT2D eigenvalue weighted by atomic mass is 32.2. The average Bonchev–Trinajstić information content (AvgIpc) is 2.91. The molecule has 208 valence electrons. The van der Waals surface area contributed by atoms with E-state index in [-0.39, 0.29) is 24.2 Å². The van der Waals surface area contributed by atoms with Crippen LogP contribution in [-0.2, 0) is 26.2 Å². The summed E-state index contributed by atoms with van der Waals surface area (Å²) in [4.78, 5) is 28.7. The number of anilines is 1. The molecular formula is C28H39N3O6S. The predicted molar refractivity (Wildman–Crippen MR) is 148 cm³/mol. The van der Waals surface area contributed by atoms with Gasteiger partial charge in [-0.3, -0.25) is 13.9 Å². The quantitative estimate of drug-likeness (QED) is 0.436. The Hall–Kier alpha value is -3.27. The first kappa shape index (κ1) is 29.3. The SMILES string of the molecule is CC[C@H](C(=O)NC1CCCCC1)N(Cc1ccccc1)C(=O)CN(c1ccc(OC)c(OC)c1)S(C)(=O)=O. The van der Waals surface area contributed by atoms with Gasteiger partial charge in [-0.1, -0.05) is 56.5 Å². The first-order valence-corrected chi connectivity index (χ1v) is 14.9. The fraction of sp³-hybridized carbons (Fsp3) is 0.500. The molecule has 2 aromatic carbocycles. The van der Waals surface area contributed by atoms with Crippen molar-refractivity contribution >= 4 is 27.5 Å². The summed E-state index contributed by atoms with van der Waals surface area (Å²) in [5.74, 6) is 0.0955. The van der Waals surface area contributed by atoms with E-state index in [2.05, 4.69) is 5.32 Å². The molecule has 2 amide bonds. The molecule has 3 rings (SSSR count). The predicted octanol–water partition coefficient (Wildman–Crippen LogP) is 3.73. The number of carbonyl (C=O) groups excluding carboxylic acids is 2. The van der Waals surface area contributed by atoms with Crippen LogP contribution in [0.15, 0.2) is 48.5 Å². The number of benzene rings is 2. The highest BCUT2D eigenvalue weighted by Crippen LogP contribution is 2.32. The van der Waals surface area contributed by atoms with Crippen molar-refractivity contribution in [2.24, 2.45) is 0 Å². The van der Waals surface area contributed by atoms with Crippen LogP contribution in [0.25, 0.3) is 0 Å². The number of hydrogen-bond donors (Lipinski definition) is 1. The van der Waals surface area contributed by atoms with E-state index < -0.39 is 28.5 Å². The zero-order valence-electron chi connectivity index (χ0n) is 22.7. The summed E-state index contributed by atoms with van der Waals surface area (Å²) in [7, 11) is -0.910. The highest BCUT2D eigenvalue weighted by molar-refractivity contribution is 7.92. The molecule has 0 aromatic heterocycles. The Labute approximate surface area is 226 Å². The van der Waals surface area contributed by atoms with E-state index in [9.17, 15) is 18.0 Å². The van der Waals surface area contributed by atoms with Gasteiger partial charge in [-0.25, -0.2) is 8.42 Å². The smallest absolute Gasteiger partial charge is 0.244 e. The van der Waals surface area contributed by atoms with E-state index in [0.717, 1.165) is 41.8 Å². The van der Waals surface area contributed by atoms with Crippen LogP contribution in [0.5, 0.6) is 11.5 Å². The molecule has 1 N–H and O–H groups in total. The third-order valence-corrected chi connectivity index (χ3v) is 8.01. The molecule has 0 radical (unpaired) electrons. The van der Waals surface area contributed by atoms with Crippen molar-refractivity contribution in [1.29, 1.82) is 0 Å². The van der Waals surface area contributed by atoms with Gasteiger partial charge >= 0.3 is 0 Å². The largest absolute Gasteiger partial charge is 0.493 e. The van der Waals surface area contributed by atoms with Crippen molar-refractivity contribution in [2.75, 3.05) is 31.3 Å². The molecular weight excluding hydrogens is 506 g/mol. The van der Waals surface area contributed by atoms with Gasteiger partial charge in [0.25, 0.3) is 0 Å². The van der Waals surface area contributed by atoms with Gasteiger partial charge in [-0.05, 0) is 37.0 Å². The van der Waals surface area contributed by atoms with E-state index in [1.54, 1.807) is 12.1 Å². The Kier molecular flexibility index (Phi) is 10.4. The molecule has 0 spiro atoms. The Balaban J connectivity index is 1.92. The number of ether oxygens (including phenoxy) is 2. The zero-order valence-corrected chi connectivity index (χ0v) is 23.5. The van der Waals surface area contributed by atoms with Crippen molar-refractivity contribution in [2.45, 2.75) is 64.1 Å². The summed E-state index contributed by atoms with van der Waals surface area (Å²) in [6.45, 7) is 1.58. The molecule has 2 aromatic rings. The molecule has 0 bridgehead atoms. The van der Waals surface area contributed by atoms with Gasteiger partial charge in [0.1, 0.15) is 12.6 Å². The third kappa shape index (κ3) is 7.63. The minimum absolute atomic E-state index is 0.0956. The van der Waals surface area contributed by atoms with E-state index in [4.69, 9.17) is 9.47 Å². The second-order valence-electron chi connectivity index (χ2n) is 9.58. The topological polar surface area (TPSA) is 105 Å². The molecule has 0 aliphatic heterocycles. The van der Waals surface area contributed by atoms with Crippen LogP contribution in [0.3, 0.4) is 0 Å². The minimum Gasteiger partial charge on any atom is -0.493 e. The lowest BCUT2D eigenvalue weighted by Crippen LogP contribution is -2.53. The van der Waals surface area contributed by atoms with E-state index >= 15 is 0 Å². The van der Waals surface area contributed by atoms with Crippen LogP contribution in [0, 0.1) is 0 Å². The lowest BCUT2D eigenvalue weighted by Gasteiger charge is -2.34. The fourth-order valence-electron chi connectivity index (χ4n) is 4.84. The van der Waals surface area contributed by atoms with Crippen LogP contribution in [0.2, 0.25) is 0 Å². The number of sulfonamides is 1. The Morgan fingerprint density at radius 1 is 1.00 bits per heavy atom. The summed E-state index contributed by atoms with van der Waals surface area (Å²) in [5.41, 5.74) is 1.11. The molecule has 0 unspecified atom stereocenters. The van der Waals surface area contributed by atoms with Gasteiger partial charge in [0.05, 0.1) is 26.2 Å². The minimum atomic E-state index is -3.85. The summed E-state index contributed by atoms with van der Waals surface area (Å²) in [5, 5.41) is 3.14. The van der Waals surface area contributed by atoms with E-state index in [1.807, 2.05) is 37.3 Å². The maximum atomic E-state index is 13.8. The Morgan fingerprint density at radius 2 is 1.66 bits per heavy atom. The van der Waals surface area contributed by atoms with Crippen LogP contribution in [-0.4, -0.2) is 64.2 Å². The second kappa shape index (κ2) is 13.5. The molecule has 0 heterocycles. The fourth-order valence-corrected chi connectivity index (χ4v) is 5.68. The normalized spacial score (nSPS) is 14.8. The first-order valence-electron chi connectivity index (χ1n) is 13.0. The van der Waals surface area contributed by atoms with Crippen LogP contribution < -0.4 is 19.1 Å². The molecule has 10 heteroatoms. The van der Waals surface area contributed by atoms with E-state index in [1.165, 1.54) is 31.6 Å². The number of methoxy groups -OCH3 is 2. The Morgan fingerprint density at radius 3 is 2.24 bits per heavy atom.